The molecule has 1 aliphatic carbocycles. The van der Waals surface area contributed by atoms with Crippen molar-refractivity contribution in [2.24, 2.45) is 0 Å². The van der Waals surface area contributed by atoms with E-state index in [0.717, 1.165) is 31.2 Å². The summed E-state index contributed by atoms with van der Waals surface area (Å²) in [5.74, 6) is -0.0978. The van der Waals surface area contributed by atoms with Gasteiger partial charge in [0.15, 0.2) is 9.84 Å². The van der Waals surface area contributed by atoms with Crippen molar-refractivity contribution >= 4 is 21.7 Å². The Morgan fingerprint density at radius 3 is 2.34 bits per heavy atom. The SMILES string of the molecule is O=C(CCNC(=O)C(c1ccccc1)N1CCS(=O)(=O)CC1)NC1CCCCC1. The molecular weight excluding hydrogens is 390 g/mol. The molecule has 0 radical (unpaired) electrons. The van der Waals surface area contributed by atoms with Crippen LogP contribution in [0, 0.1) is 0 Å². The van der Waals surface area contributed by atoms with Crippen molar-refractivity contribution in [3.05, 3.63) is 35.9 Å². The van der Waals surface area contributed by atoms with Gasteiger partial charge in [-0.2, -0.15) is 0 Å². The number of nitrogens with one attached hydrogen (secondary N) is 2. The van der Waals surface area contributed by atoms with Crippen LogP contribution in [0.5, 0.6) is 0 Å². The van der Waals surface area contributed by atoms with Gasteiger partial charge in [-0.3, -0.25) is 14.5 Å². The third-order valence-electron chi connectivity index (χ3n) is 5.73. The molecular formula is C21H31N3O4S. The second-order valence-electron chi connectivity index (χ2n) is 7.94. The normalized spacial score (nSPS) is 21.2. The highest BCUT2D eigenvalue weighted by atomic mass is 32.2. The van der Waals surface area contributed by atoms with E-state index in [1.165, 1.54) is 6.42 Å². The topological polar surface area (TPSA) is 95.6 Å². The summed E-state index contributed by atoms with van der Waals surface area (Å²) < 4.78 is 23.5. The van der Waals surface area contributed by atoms with Crippen molar-refractivity contribution in [1.82, 2.24) is 15.5 Å². The van der Waals surface area contributed by atoms with Crippen LogP contribution in [0.15, 0.2) is 30.3 Å². The van der Waals surface area contributed by atoms with E-state index in [1.54, 1.807) is 0 Å². The van der Waals surface area contributed by atoms with Crippen LogP contribution in [0.1, 0.15) is 50.1 Å². The molecule has 2 amide bonds. The quantitative estimate of drug-likeness (QED) is 0.694. The molecule has 2 aliphatic rings. The first-order chi connectivity index (χ1) is 13.9. The van der Waals surface area contributed by atoms with Crippen LogP contribution in [0.2, 0.25) is 0 Å². The number of nitrogens with zero attached hydrogens (tertiary/aromatic N) is 1. The summed E-state index contributed by atoms with van der Waals surface area (Å²) in [7, 11) is -3.03. The molecule has 8 heteroatoms. The van der Waals surface area contributed by atoms with Crippen molar-refractivity contribution in [3.63, 3.8) is 0 Å². The second-order valence-corrected chi connectivity index (χ2v) is 10.2. The molecule has 2 fully saturated rings. The maximum absolute atomic E-state index is 12.9. The third-order valence-corrected chi connectivity index (χ3v) is 7.34. The lowest BCUT2D eigenvalue weighted by atomic mass is 9.95. The summed E-state index contributed by atoms with van der Waals surface area (Å²) in [4.78, 5) is 27.0. The zero-order valence-corrected chi connectivity index (χ0v) is 17.6. The Morgan fingerprint density at radius 2 is 1.69 bits per heavy atom. The van der Waals surface area contributed by atoms with Crippen molar-refractivity contribution in [3.8, 4) is 0 Å². The van der Waals surface area contributed by atoms with Crippen LogP contribution in [0.25, 0.3) is 0 Å². The van der Waals surface area contributed by atoms with Gasteiger partial charge in [-0.1, -0.05) is 49.6 Å². The van der Waals surface area contributed by atoms with Crippen LogP contribution in [-0.2, 0) is 19.4 Å². The van der Waals surface area contributed by atoms with Gasteiger partial charge in [-0.05, 0) is 18.4 Å². The van der Waals surface area contributed by atoms with Crippen molar-refractivity contribution in [2.45, 2.75) is 50.6 Å². The van der Waals surface area contributed by atoms with Gasteiger partial charge in [0.25, 0.3) is 0 Å². The lowest BCUT2D eigenvalue weighted by molar-refractivity contribution is -0.127. The van der Waals surface area contributed by atoms with E-state index in [0.29, 0.717) is 13.1 Å². The molecule has 3 rings (SSSR count). The lowest BCUT2D eigenvalue weighted by Crippen LogP contribution is -2.48. The van der Waals surface area contributed by atoms with Crippen molar-refractivity contribution < 1.29 is 18.0 Å². The van der Waals surface area contributed by atoms with Gasteiger partial charge in [-0.15, -0.1) is 0 Å². The van der Waals surface area contributed by atoms with Crippen molar-refractivity contribution in [2.75, 3.05) is 31.1 Å². The summed E-state index contributed by atoms with van der Waals surface area (Å²) in [6, 6.07) is 9.09. The second kappa shape index (κ2) is 10.2. The number of benzene rings is 1. The minimum absolute atomic E-state index is 0.0301. The fraction of sp³-hybridized carbons (Fsp3) is 0.619. The average molecular weight is 422 g/mol. The van der Waals surface area contributed by atoms with E-state index in [1.807, 2.05) is 35.2 Å². The summed E-state index contributed by atoms with van der Waals surface area (Å²) in [6.45, 7) is 0.932. The minimum Gasteiger partial charge on any atom is -0.354 e. The number of carbonyl (C=O) groups excluding carboxylic acids is 2. The first-order valence-corrected chi connectivity index (χ1v) is 12.3. The fourth-order valence-electron chi connectivity index (χ4n) is 4.09. The van der Waals surface area contributed by atoms with E-state index in [4.69, 9.17) is 0 Å². The van der Waals surface area contributed by atoms with E-state index >= 15 is 0 Å². The molecule has 0 spiro atoms. The van der Waals surface area contributed by atoms with Gasteiger partial charge in [0.05, 0.1) is 11.5 Å². The molecule has 1 aliphatic heterocycles. The number of hydrogen-bond acceptors (Lipinski definition) is 5. The standard InChI is InChI=1S/C21H31N3O4S/c25-19(23-18-9-5-2-6-10-18)11-12-22-21(26)20(17-7-3-1-4-8-17)24-13-15-29(27,28)16-14-24/h1,3-4,7-8,18,20H,2,5-6,9-16H2,(H,22,26)(H,23,25). The van der Waals surface area contributed by atoms with Crippen LogP contribution in [0.4, 0.5) is 0 Å². The first kappa shape index (κ1) is 21.8. The number of carbonyl (C=O) groups is 2. The molecule has 160 valence electrons. The number of amides is 2. The Morgan fingerprint density at radius 1 is 1.03 bits per heavy atom. The Hall–Kier alpha value is -1.93. The Kier molecular flexibility index (Phi) is 7.66. The van der Waals surface area contributed by atoms with E-state index in [-0.39, 0.29) is 42.3 Å². The largest absolute Gasteiger partial charge is 0.354 e. The Labute approximate surface area is 173 Å². The molecule has 29 heavy (non-hydrogen) atoms. The highest BCUT2D eigenvalue weighted by Crippen LogP contribution is 2.23. The average Bonchev–Trinajstić information content (AvgIpc) is 2.71. The third kappa shape index (κ3) is 6.54. The predicted octanol–water partition coefficient (Wildman–Crippen LogP) is 1.41. The molecule has 1 aromatic rings. The summed E-state index contributed by atoms with van der Waals surface area (Å²) in [6.07, 6.45) is 5.87. The molecule has 1 unspecified atom stereocenters. The zero-order valence-electron chi connectivity index (χ0n) is 16.8. The van der Waals surface area contributed by atoms with Gasteiger partial charge < -0.3 is 10.6 Å². The van der Waals surface area contributed by atoms with Crippen LogP contribution in [-0.4, -0.2) is 62.3 Å². The fourth-order valence-corrected chi connectivity index (χ4v) is 5.32. The molecule has 0 bridgehead atoms. The summed E-state index contributed by atoms with van der Waals surface area (Å²) in [5.41, 5.74) is 0.830. The molecule has 0 aromatic heterocycles. The first-order valence-electron chi connectivity index (χ1n) is 10.5. The van der Waals surface area contributed by atoms with Gasteiger partial charge in [0.2, 0.25) is 11.8 Å². The highest BCUT2D eigenvalue weighted by Gasteiger charge is 2.32. The Balaban J connectivity index is 1.55. The van der Waals surface area contributed by atoms with Gasteiger partial charge in [0.1, 0.15) is 6.04 Å². The molecule has 1 atom stereocenters. The number of rotatable bonds is 7. The van der Waals surface area contributed by atoms with E-state index < -0.39 is 15.9 Å². The molecule has 1 aromatic carbocycles. The van der Waals surface area contributed by atoms with Crippen LogP contribution in [0.3, 0.4) is 0 Å². The maximum atomic E-state index is 12.9. The van der Waals surface area contributed by atoms with E-state index in [2.05, 4.69) is 10.6 Å². The van der Waals surface area contributed by atoms with Gasteiger partial charge >= 0.3 is 0 Å². The van der Waals surface area contributed by atoms with Crippen molar-refractivity contribution in [1.29, 1.82) is 0 Å². The lowest BCUT2D eigenvalue weighted by Gasteiger charge is -2.33. The molecule has 2 N–H and O–H groups in total. The zero-order chi connectivity index (χ0) is 20.7. The smallest absolute Gasteiger partial charge is 0.241 e. The monoisotopic (exact) mass is 421 g/mol. The summed E-state index contributed by atoms with van der Waals surface area (Å²) in [5, 5.41) is 5.94. The summed E-state index contributed by atoms with van der Waals surface area (Å²) >= 11 is 0. The number of sulfone groups is 1. The van der Waals surface area contributed by atoms with Gasteiger partial charge in [-0.25, -0.2) is 8.42 Å². The molecule has 1 heterocycles. The van der Waals surface area contributed by atoms with Gasteiger partial charge in [0, 0.05) is 32.1 Å². The molecule has 1 saturated heterocycles. The highest BCUT2D eigenvalue weighted by molar-refractivity contribution is 7.91. The van der Waals surface area contributed by atoms with Crippen LogP contribution >= 0.6 is 0 Å². The molecule has 7 nitrogen and oxygen atoms in total. The molecule has 1 saturated carbocycles. The Bertz CT molecular complexity index is 777. The predicted molar refractivity (Wildman–Crippen MR) is 112 cm³/mol. The minimum atomic E-state index is -3.03. The van der Waals surface area contributed by atoms with Crippen LogP contribution < -0.4 is 10.6 Å². The van der Waals surface area contributed by atoms with E-state index in [9.17, 15) is 18.0 Å². The number of hydrogen-bond donors (Lipinski definition) is 2. The maximum Gasteiger partial charge on any atom is 0.241 e.